The van der Waals surface area contributed by atoms with Crippen molar-refractivity contribution in [2.24, 2.45) is 0 Å². The summed E-state index contributed by atoms with van der Waals surface area (Å²) in [5.41, 5.74) is 1.85. The number of fused-ring (bicyclic) bond motifs is 1. The molecule has 1 aromatic carbocycles. The minimum Gasteiger partial charge on any atom is -0.481 e. The van der Waals surface area contributed by atoms with E-state index in [1.165, 1.54) is 25.4 Å². The predicted octanol–water partition coefficient (Wildman–Crippen LogP) is 3.36. The molecule has 10 nitrogen and oxygen atoms in total. The Balaban J connectivity index is 1.46. The fourth-order valence-corrected chi connectivity index (χ4v) is 4.36. The number of hydrogen-bond donors (Lipinski definition) is 2. The minimum atomic E-state index is -0.452. The predicted molar refractivity (Wildman–Crippen MR) is 121 cm³/mol. The molecular formula is C21H22N6O4S. The molecular weight excluding hydrogens is 432 g/mol. The second kappa shape index (κ2) is 9.18. The van der Waals surface area contributed by atoms with Gasteiger partial charge in [0.2, 0.25) is 5.88 Å². The second-order valence-corrected chi connectivity index (χ2v) is 8.08. The monoisotopic (exact) mass is 454 g/mol. The molecule has 166 valence electrons. The maximum absolute atomic E-state index is 12.5. The van der Waals surface area contributed by atoms with Crippen LogP contribution >= 0.6 is 11.3 Å². The summed E-state index contributed by atoms with van der Waals surface area (Å²) in [5, 5.41) is 5.98. The fraction of sp³-hybridized carbons (Fsp3) is 0.286. The van der Waals surface area contributed by atoms with E-state index in [0.717, 1.165) is 10.6 Å². The molecule has 1 aliphatic rings. The van der Waals surface area contributed by atoms with Gasteiger partial charge in [-0.05, 0) is 19.1 Å². The van der Waals surface area contributed by atoms with Gasteiger partial charge in [-0.2, -0.15) is 9.97 Å². The number of hydrogen-bond acceptors (Lipinski definition) is 9. The van der Waals surface area contributed by atoms with Gasteiger partial charge in [0, 0.05) is 29.5 Å². The van der Waals surface area contributed by atoms with Crippen molar-refractivity contribution in [2.75, 3.05) is 36.3 Å². The number of amides is 2. The van der Waals surface area contributed by atoms with Crippen LogP contribution in [0.3, 0.4) is 0 Å². The van der Waals surface area contributed by atoms with Crippen molar-refractivity contribution in [2.45, 2.75) is 19.9 Å². The molecule has 11 heteroatoms. The molecule has 0 atom stereocenters. The van der Waals surface area contributed by atoms with E-state index in [9.17, 15) is 9.59 Å². The van der Waals surface area contributed by atoms with Gasteiger partial charge in [0.15, 0.2) is 10.9 Å². The third-order valence-corrected chi connectivity index (χ3v) is 5.89. The zero-order chi connectivity index (χ0) is 22.7. The zero-order valence-corrected chi connectivity index (χ0v) is 18.7. The molecule has 32 heavy (non-hydrogen) atoms. The Morgan fingerprint density at radius 3 is 2.66 bits per heavy atom. The summed E-state index contributed by atoms with van der Waals surface area (Å²) in [6.07, 6.45) is 0.705. The largest absolute Gasteiger partial charge is 0.481 e. The molecule has 4 rings (SSSR count). The molecule has 2 amide bonds. The lowest BCUT2D eigenvalue weighted by Crippen LogP contribution is -2.30. The summed E-state index contributed by atoms with van der Waals surface area (Å²) >= 11 is 1.41. The van der Waals surface area contributed by atoms with E-state index < -0.39 is 6.03 Å². The van der Waals surface area contributed by atoms with E-state index in [2.05, 4.69) is 30.5 Å². The summed E-state index contributed by atoms with van der Waals surface area (Å²) in [6, 6.07) is 8.41. The Hall–Kier alpha value is -3.73. The molecule has 0 spiro atoms. The average molecular weight is 455 g/mol. The maximum atomic E-state index is 12.5. The lowest BCUT2D eigenvalue weighted by molar-refractivity contribution is 0.101. The van der Waals surface area contributed by atoms with Crippen LogP contribution in [0.15, 0.2) is 30.3 Å². The Kier molecular flexibility index (Phi) is 6.17. The van der Waals surface area contributed by atoms with Crippen LogP contribution in [0.25, 0.3) is 0 Å². The Morgan fingerprint density at radius 2 is 1.91 bits per heavy atom. The number of anilines is 3. The van der Waals surface area contributed by atoms with Crippen molar-refractivity contribution in [1.29, 1.82) is 0 Å². The van der Waals surface area contributed by atoms with Crippen molar-refractivity contribution in [1.82, 2.24) is 15.0 Å². The number of urea groups is 1. The van der Waals surface area contributed by atoms with Gasteiger partial charge >= 0.3 is 12.0 Å². The number of methoxy groups -OCH3 is 2. The lowest BCUT2D eigenvalue weighted by Gasteiger charge is -2.27. The molecule has 0 saturated carbocycles. The van der Waals surface area contributed by atoms with Crippen molar-refractivity contribution in [3.8, 4) is 11.9 Å². The number of Topliss-reactive ketones (excluding diaryl/α,β-unsaturated/α-hetero) is 1. The number of aromatic nitrogens is 3. The summed E-state index contributed by atoms with van der Waals surface area (Å²) in [6.45, 7) is 2.76. The van der Waals surface area contributed by atoms with E-state index in [-0.39, 0.29) is 11.8 Å². The molecule has 2 N–H and O–H groups in total. The highest BCUT2D eigenvalue weighted by molar-refractivity contribution is 7.15. The molecule has 0 unspecified atom stereocenters. The molecule has 0 saturated heterocycles. The second-order valence-electron chi connectivity index (χ2n) is 7.00. The molecule has 0 radical (unpaired) electrons. The van der Waals surface area contributed by atoms with E-state index in [0.29, 0.717) is 47.6 Å². The van der Waals surface area contributed by atoms with Crippen LogP contribution in [0.1, 0.15) is 27.9 Å². The Labute approximate surface area is 188 Å². The summed E-state index contributed by atoms with van der Waals surface area (Å²) in [4.78, 5) is 40.4. The number of benzene rings is 1. The maximum Gasteiger partial charge on any atom is 0.325 e. The third-order valence-electron chi connectivity index (χ3n) is 4.89. The number of ketones is 1. The van der Waals surface area contributed by atoms with Crippen LogP contribution in [-0.2, 0) is 13.0 Å². The number of ether oxygens (including phenoxy) is 2. The normalized spacial score (nSPS) is 12.7. The first kappa shape index (κ1) is 21.5. The van der Waals surface area contributed by atoms with Gasteiger partial charge in [-0.15, -0.1) is 0 Å². The zero-order valence-electron chi connectivity index (χ0n) is 17.8. The van der Waals surface area contributed by atoms with Crippen LogP contribution in [0.2, 0.25) is 0 Å². The van der Waals surface area contributed by atoms with Crippen LogP contribution in [-0.4, -0.2) is 47.5 Å². The van der Waals surface area contributed by atoms with Gasteiger partial charge in [-0.3, -0.25) is 10.1 Å². The number of rotatable bonds is 6. The molecule has 3 aromatic rings. The van der Waals surface area contributed by atoms with Gasteiger partial charge in [0.05, 0.1) is 32.1 Å². The first-order valence-corrected chi connectivity index (χ1v) is 10.7. The van der Waals surface area contributed by atoms with Gasteiger partial charge < -0.3 is 19.7 Å². The Bertz CT molecular complexity index is 1140. The molecule has 1 aliphatic heterocycles. The topological polar surface area (TPSA) is 119 Å². The van der Waals surface area contributed by atoms with E-state index in [1.54, 1.807) is 37.4 Å². The molecule has 2 aromatic heterocycles. The lowest BCUT2D eigenvalue weighted by atomic mass is 10.1. The van der Waals surface area contributed by atoms with Gasteiger partial charge in [-0.1, -0.05) is 23.5 Å². The summed E-state index contributed by atoms with van der Waals surface area (Å²) in [5.74, 6) is 0.997. The van der Waals surface area contributed by atoms with Crippen molar-refractivity contribution < 1.29 is 19.1 Å². The van der Waals surface area contributed by atoms with E-state index in [1.807, 2.05) is 0 Å². The van der Waals surface area contributed by atoms with Gasteiger partial charge in [-0.25, -0.2) is 9.78 Å². The van der Waals surface area contributed by atoms with Crippen LogP contribution in [0.5, 0.6) is 11.9 Å². The number of nitrogens with one attached hydrogen (secondary N) is 2. The third kappa shape index (κ3) is 4.62. The highest BCUT2D eigenvalue weighted by atomic mass is 32.1. The SMILES string of the molecule is COc1cc(N2CCc3nc(NC(=O)Nc4ccccc4C(C)=O)sc3C2)nc(OC)n1. The number of carbonyl (C=O) groups is 2. The summed E-state index contributed by atoms with van der Waals surface area (Å²) in [7, 11) is 3.05. The fourth-order valence-electron chi connectivity index (χ4n) is 3.34. The van der Waals surface area contributed by atoms with Crippen LogP contribution in [0.4, 0.5) is 21.4 Å². The van der Waals surface area contributed by atoms with E-state index >= 15 is 0 Å². The average Bonchev–Trinajstić information content (AvgIpc) is 3.20. The summed E-state index contributed by atoms with van der Waals surface area (Å²) < 4.78 is 10.4. The number of carbonyl (C=O) groups excluding carboxylic acids is 2. The molecule has 0 bridgehead atoms. The molecule has 3 heterocycles. The van der Waals surface area contributed by atoms with Crippen molar-refractivity contribution in [3.63, 3.8) is 0 Å². The highest BCUT2D eigenvalue weighted by Gasteiger charge is 2.23. The van der Waals surface area contributed by atoms with Crippen molar-refractivity contribution in [3.05, 3.63) is 46.5 Å². The van der Waals surface area contributed by atoms with E-state index in [4.69, 9.17) is 9.47 Å². The molecule has 0 fully saturated rings. The first-order chi connectivity index (χ1) is 15.5. The Morgan fingerprint density at radius 1 is 1.09 bits per heavy atom. The number of para-hydroxylation sites is 1. The minimum absolute atomic E-state index is 0.122. The van der Waals surface area contributed by atoms with Gasteiger partial charge in [0.25, 0.3) is 0 Å². The van der Waals surface area contributed by atoms with Crippen LogP contribution in [0, 0.1) is 0 Å². The molecule has 0 aliphatic carbocycles. The van der Waals surface area contributed by atoms with Crippen LogP contribution < -0.4 is 25.0 Å². The highest BCUT2D eigenvalue weighted by Crippen LogP contribution is 2.31. The standard InChI is InChI=1S/C21H22N6O4S/c1-12(28)13-6-4-5-7-14(13)22-19(29)26-21-23-15-8-9-27(11-16(15)32-21)17-10-18(30-2)25-20(24-17)31-3/h4-7,10H,8-9,11H2,1-3H3,(H2,22,23,26,29). The smallest absolute Gasteiger partial charge is 0.325 e. The quantitative estimate of drug-likeness (QED) is 0.544. The van der Waals surface area contributed by atoms with Gasteiger partial charge in [0.1, 0.15) is 5.82 Å². The van der Waals surface area contributed by atoms with Crippen molar-refractivity contribution >= 4 is 39.8 Å². The number of nitrogens with zero attached hydrogens (tertiary/aromatic N) is 4. The number of thiazole rings is 1. The first-order valence-electron chi connectivity index (χ1n) is 9.85.